The Morgan fingerprint density at radius 1 is 1.12 bits per heavy atom. The molecule has 0 spiro atoms. The third kappa shape index (κ3) is 3.80. The van der Waals surface area contributed by atoms with E-state index in [2.05, 4.69) is 0 Å². The Balaban J connectivity index is 2.36. The van der Waals surface area contributed by atoms with Gasteiger partial charge in [-0.05, 0) is 36.4 Å². The second-order valence-corrected chi connectivity index (χ2v) is 7.46. The molecule has 24 heavy (non-hydrogen) atoms. The highest BCUT2D eigenvalue weighted by atomic mass is 35.5. The molecule has 0 radical (unpaired) electrons. The van der Waals surface area contributed by atoms with Crippen LogP contribution in [-0.2, 0) is 16.6 Å². The van der Waals surface area contributed by atoms with E-state index in [1.807, 2.05) is 0 Å². The number of benzene rings is 2. The Bertz CT molecular complexity index is 842. The highest BCUT2D eigenvalue weighted by Gasteiger charge is 2.25. The van der Waals surface area contributed by atoms with Crippen LogP contribution in [-0.4, -0.2) is 34.0 Å². The first kappa shape index (κ1) is 18.5. The standard InChI is InChI=1S/C16H17ClFNO4S/c1-19(10-11-8-13(22-2)5-6-15(11)23-3)24(20,21)16-7-4-12(17)9-14(16)18/h4-9H,10H2,1-3H3. The molecule has 2 aromatic carbocycles. The fourth-order valence-corrected chi connectivity index (χ4v) is 3.53. The van der Waals surface area contributed by atoms with Crippen molar-refractivity contribution in [3.8, 4) is 11.5 Å². The summed E-state index contributed by atoms with van der Waals surface area (Å²) in [7, 11) is 0.331. The van der Waals surface area contributed by atoms with Gasteiger partial charge in [-0.15, -0.1) is 0 Å². The summed E-state index contributed by atoms with van der Waals surface area (Å²) in [5.74, 6) is 0.177. The zero-order valence-corrected chi connectivity index (χ0v) is 15.0. The first-order valence-electron chi connectivity index (χ1n) is 6.92. The predicted molar refractivity (Wildman–Crippen MR) is 89.6 cm³/mol. The summed E-state index contributed by atoms with van der Waals surface area (Å²) in [5.41, 5.74) is 0.595. The van der Waals surface area contributed by atoms with Gasteiger partial charge in [0.05, 0.1) is 14.2 Å². The van der Waals surface area contributed by atoms with Crippen molar-refractivity contribution < 1.29 is 22.3 Å². The number of ether oxygens (including phenoxy) is 2. The Kier molecular flexibility index (Phi) is 5.69. The van der Waals surface area contributed by atoms with Crippen LogP contribution in [0.4, 0.5) is 4.39 Å². The number of nitrogens with zero attached hydrogens (tertiary/aromatic N) is 1. The van der Waals surface area contributed by atoms with Gasteiger partial charge in [0.2, 0.25) is 10.0 Å². The molecule has 2 rings (SSSR count). The first-order valence-corrected chi connectivity index (χ1v) is 8.73. The van der Waals surface area contributed by atoms with E-state index >= 15 is 0 Å². The van der Waals surface area contributed by atoms with Crippen molar-refractivity contribution in [2.75, 3.05) is 21.3 Å². The van der Waals surface area contributed by atoms with Crippen molar-refractivity contribution in [3.05, 3.63) is 52.8 Å². The van der Waals surface area contributed by atoms with Gasteiger partial charge in [0, 0.05) is 24.2 Å². The maximum atomic E-state index is 14.0. The highest BCUT2D eigenvalue weighted by Crippen LogP contribution is 2.28. The van der Waals surface area contributed by atoms with Gasteiger partial charge < -0.3 is 9.47 Å². The number of sulfonamides is 1. The van der Waals surface area contributed by atoms with E-state index in [1.165, 1.54) is 27.3 Å². The van der Waals surface area contributed by atoms with Crippen LogP contribution >= 0.6 is 11.6 Å². The smallest absolute Gasteiger partial charge is 0.246 e. The van der Waals surface area contributed by atoms with Crippen LogP contribution in [0.2, 0.25) is 5.02 Å². The van der Waals surface area contributed by atoms with Crippen molar-refractivity contribution >= 4 is 21.6 Å². The van der Waals surface area contributed by atoms with Gasteiger partial charge in [0.15, 0.2) is 0 Å². The van der Waals surface area contributed by atoms with E-state index in [0.717, 1.165) is 16.4 Å². The zero-order chi connectivity index (χ0) is 17.9. The second kappa shape index (κ2) is 7.38. The van der Waals surface area contributed by atoms with E-state index in [1.54, 1.807) is 18.2 Å². The average molecular weight is 374 g/mol. The summed E-state index contributed by atoms with van der Waals surface area (Å²) in [4.78, 5) is -0.434. The molecule has 0 aliphatic rings. The monoisotopic (exact) mass is 373 g/mol. The molecule has 0 heterocycles. The van der Waals surface area contributed by atoms with Crippen LogP contribution in [0.15, 0.2) is 41.3 Å². The van der Waals surface area contributed by atoms with Gasteiger partial charge in [-0.3, -0.25) is 0 Å². The maximum absolute atomic E-state index is 14.0. The largest absolute Gasteiger partial charge is 0.497 e. The summed E-state index contributed by atoms with van der Waals surface area (Å²) in [6.07, 6.45) is 0. The quantitative estimate of drug-likeness (QED) is 0.779. The summed E-state index contributed by atoms with van der Waals surface area (Å²) in [6.45, 7) is -0.00915. The van der Waals surface area contributed by atoms with E-state index in [-0.39, 0.29) is 11.6 Å². The number of hydrogen-bond acceptors (Lipinski definition) is 4. The molecule has 2 aromatic rings. The van der Waals surface area contributed by atoms with Gasteiger partial charge in [0.1, 0.15) is 22.2 Å². The van der Waals surface area contributed by atoms with E-state index in [4.69, 9.17) is 21.1 Å². The summed E-state index contributed by atoms with van der Waals surface area (Å²) >= 11 is 5.67. The lowest BCUT2D eigenvalue weighted by molar-refractivity contribution is 0.388. The second-order valence-electron chi connectivity index (χ2n) is 5.01. The van der Waals surface area contributed by atoms with Gasteiger partial charge in [0.25, 0.3) is 0 Å². The minimum atomic E-state index is -4.03. The molecule has 0 atom stereocenters. The Morgan fingerprint density at radius 2 is 1.83 bits per heavy atom. The van der Waals surface area contributed by atoms with Crippen LogP contribution < -0.4 is 9.47 Å². The number of halogens is 2. The third-order valence-electron chi connectivity index (χ3n) is 3.46. The lowest BCUT2D eigenvalue weighted by Crippen LogP contribution is -2.27. The van der Waals surface area contributed by atoms with Crippen molar-refractivity contribution in [1.82, 2.24) is 4.31 Å². The number of methoxy groups -OCH3 is 2. The molecule has 0 aromatic heterocycles. The Labute approximate surface area is 145 Å². The van der Waals surface area contributed by atoms with Crippen LogP contribution in [0, 0.1) is 5.82 Å². The Morgan fingerprint density at radius 3 is 2.42 bits per heavy atom. The SMILES string of the molecule is COc1ccc(OC)c(CN(C)S(=O)(=O)c2ccc(Cl)cc2F)c1. The minimum Gasteiger partial charge on any atom is -0.497 e. The molecule has 8 heteroatoms. The van der Waals surface area contributed by atoms with Gasteiger partial charge in [-0.2, -0.15) is 4.31 Å². The molecule has 0 saturated carbocycles. The molecule has 0 amide bonds. The normalized spacial score (nSPS) is 11.6. The zero-order valence-electron chi connectivity index (χ0n) is 13.4. The number of rotatable bonds is 6. The minimum absolute atomic E-state index is 0.00915. The van der Waals surface area contributed by atoms with Crippen molar-refractivity contribution in [1.29, 1.82) is 0 Å². The van der Waals surface area contributed by atoms with Crippen molar-refractivity contribution in [2.45, 2.75) is 11.4 Å². The summed E-state index contributed by atoms with van der Waals surface area (Å²) in [5, 5.41) is 0.128. The molecular formula is C16H17ClFNO4S. The maximum Gasteiger partial charge on any atom is 0.246 e. The van der Waals surface area contributed by atoms with E-state index in [9.17, 15) is 12.8 Å². The Hall–Kier alpha value is -1.83. The molecule has 0 saturated heterocycles. The molecule has 0 aliphatic carbocycles. The number of hydrogen-bond donors (Lipinski definition) is 0. The average Bonchev–Trinajstić information content (AvgIpc) is 2.54. The van der Waals surface area contributed by atoms with Crippen molar-refractivity contribution in [2.24, 2.45) is 0 Å². The van der Waals surface area contributed by atoms with Gasteiger partial charge in [-0.1, -0.05) is 11.6 Å². The van der Waals surface area contributed by atoms with Crippen LogP contribution in [0.1, 0.15) is 5.56 Å². The highest BCUT2D eigenvalue weighted by molar-refractivity contribution is 7.89. The first-order chi connectivity index (χ1) is 11.3. The van der Waals surface area contributed by atoms with E-state index < -0.39 is 20.7 Å². The molecule has 130 valence electrons. The molecule has 0 N–H and O–H groups in total. The lowest BCUT2D eigenvalue weighted by Gasteiger charge is -2.19. The van der Waals surface area contributed by atoms with Crippen LogP contribution in [0.25, 0.3) is 0 Å². The molecule has 0 aliphatic heterocycles. The molecule has 0 unspecified atom stereocenters. The fourth-order valence-electron chi connectivity index (χ4n) is 2.18. The predicted octanol–water partition coefficient (Wildman–Crippen LogP) is 3.32. The van der Waals surface area contributed by atoms with E-state index in [0.29, 0.717) is 17.1 Å². The topological polar surface area (TPSA) is 55.8 Å². The third-order valence-corrected chi connectivity index (χ3v) is 5.53. The van der Waals surface area contributed by atoms with Crippen LogP contribution in [0.5, 0.6) is 11.5 Å². The summed E-state index contributed by atoms with van der Waals surface area (Å²) in [6, 6.07) is 8.49. The lowest BCUT2D eigenvalue weighted by atomic mass is 10.2. The van der Waals surface area contributed by atoms with Crippen LogP contribution in [0.3, 0.4) is 0 Å². The van der Waals surface area contributed by atoms with Gasteiger partial charge in [-0.25, -0.2) is 12.8 Å². The summed E-state index contributed by atoms with van der Waals surface area (Å²) < 4.78 is 50.6. The van der Waals surface area contributed by atoms with Gasteiger partial charge >= 0.3 is 0 Å². The van der Waals surface area contributed by atoms with Crippen molar-refractivity contribution in [3.63, 3.8) is 0 Å². The molecule has 5 nitrogen and oxygen atoms in total. The fraction of sp³-hybridized carbons (Fsp3) is 0.250. The molecule has 0 bridgehead atoms. The molecular weight excluding hydrogens is 357 g/mol. The molecule has 0 fully saturated rings.